The maximum atomic E-state index is 10.2. The summed E-state index contributed by atoms with van der Waals surface area (Å²) in [6, 6.07) is 10.1. The van der Waals surface area contributed by atoms with Gasteiger partial charge in [0.15, 0.2) is 8.32 Å². The molecule has 4 heteroatoms. The van der Waals surface area contributed by atoms with Gasteiger partial charge in [0.05, 0.1) is 18.8 Å². The molecule has 0 aromatic heterocycles. The van der Waals surface area contributed by atoms with Crippen LogP contribution in [0.2, 0.25) is 18.1 Å². The van der Waals surface area contributed by atoms with Gasteiger partial charge in [0, 0.05) is 6.61 Å². The summed E-state index contributed by atoms with van der Waals surface area (Å²) in [5.41, 5.74) is 1.17. The Balaban J connectivity index is 2.18. The van der Waals surface area contributed by atoms with Crippen LogP contribution >= 0.6 is 0 Å². The zero-order valence-electron chi connectivity index (χ0n) is 16.3. The zero-order chi connectivity index (χ0) is 18.2. The summed E-state index contributed by atoms with van der Waals surface area (Å²) < 4.78 is 12.0. The highest BCUT2D eigenvalue weighted by Gasteiger charge is 2.36. The Kier molecular flexibility index (Phi) is 8.64. The van der Waals surface area contributed by atoms with Crippen molar-refractivity contribution in [3.63, 3.8) is 0 Å². The first kappa shape index (κ1) is 21.4. The van der Waals surface area contributed by atoms with E-state index in [0.29, 0.717) is 13.0 Å². The Bertz CT molecular complexity index is 454. The van der Waals surface area contributed by atoms with Crippen LogP contribution in [0.3, 0.4) is 0 Å². The molecule has 1 aromatic rings. The molecule has 138 valence electrons. The molecule has 0 heterocycles. The topological polar surface area (TPSA) is 38.7 Å². The number of ether oxygens (including phenoxy) is 1. The molecule has 0 aliphatic rings. The summed E-state index contributed by atoms with van der Waals surface area (Å²) in [4.78, 5) is 0. The van der Waals surface area contributed by atoms with Crippen molar-refractivity contribution >= 4 is 8.32 Å². The minimum Gasteiger partial charge on any atom is -0.417 e. The van der Waals surface area contributed by atoms with Gasteiger partial charge in [0.2, 0.25) is 0 Å². The van der Waals surface area contributed by atoms with Crippen LogP contribution in [0, 0.1) is 0 Å². The molecular formula is C20H36O3Si. The standard InChI is InChI=1S/C20H36O3Si/c1-17(22-16-18-11-8-7-9-12-18)15-19(21)13-10-14-23-24(5,6)20(2,3)4/h7-9,11-12,17,19,21H,10,13-16H2,1-6H3/t17-,19-/m0/s1. The lowest BCUT2D eigenvalue weighted by Crippen LogP contribution is -2.41. The first-order chi connectivity index (χ1) is 11.1. The minimum atomic E-state index is -1.67. The van der Waals surface area contributed by atoms with Crippen LogP contribution in [-0.4, -0.2) is 32.2 Å². The van der Waals surface area contributed by atoms with Crippen LogP contribution in [0.25, 0.3) is 0 Å². The molecule has 0 aliphatic heterocycles. The van der Waals surface area contributed by atoms with Crippen LogP contribution in [0.1, 0.15) is 52.5 Å². The first-order valence-electron chi connectivity index (χ1n) is 9.09. The van der Waals surface area contributed by atoms with Gasteiger partial charge < -0.3 is 14.3 Å². The third-order valence-corrected chi connectivity index (χ3v) is 9.47. The van der Waals surface area contributed by atoms with Gasteiger partial charge in [-0.15, -0.1) is 0 Å². The van der Waals surface area contributed by atoms with Crippen LogP contribution < -0.4 is 0 Å². The summed E-state index contributed by atoms with van der Waals surface area (Å²) in [5, 5.41) is 10.4. The summed E-state index contributed by atoms with van der Waals surface area (Å²) in [6.45, 7) is 14.7. The molecule has 1 N–H and O–H groups in total. The molecule has 0 spiro atoms. The molecule has 0 aliphatic carbocycles. The fourth-order valence-electron chi connectivity index (χ4n) is 2.24. The lowest BCUT2D eigenvalue weighted by molar-refractivity contribution is 0.0115. The number of aliphatic hydroxyl groups excluding tert-OH is 1. The predicted molar refractivity (Wildman–Crippen MR) is 104 cm³/mol. The van der Waals surface area contributed by atoms with Crippen LogP contribution in [0.15, 0.2) is 30.3 Å². The van der Waals surface area contributed by atoms with E-state index in [0.717, 1.165) is 19.4 Å². The van der Waals surface area contributed by atoms with E-state index in [1.807, 2.05) is 25.1 Å². The Morgan fingerprint density at radius 2 is 1.75 bits per heavy atom. The Morgan fingerprint density at radius 1 is 1.12 bits per heavy atom. The lowest BCUT2D eigenvalue weighted by atomic mass is 10.1. The van der Waals surface area contributed by atoms with E-state index in [4.69, 9.17) is 9.16 Å². The molecule has 1 rings (SSSR count). The predicted octanol–water partition coefficient (Wildman–Crippen LogP) is 5.14. The van der Waals surface area contributed by atoms with E-state index in [9.17, 15) is 5.11 Å². The van der Waals surface area contributed by atoms with Gasteiger partial charge in [-0.05, 0) is 49.9 Å². The highest BCUT2D eigenvalue weighted by Crippen LogP contribution is 2.36. The smallest absolute Gasteiger partial charge is 0.191 e. The molecule has 0 amide bonds. The van der Waals surface area contributed by atoms with Crippen molar-refractivity contribution in [2.45, 2.75) is 83.9 Å². The van der Waals surface area contributed by atoms with Crippen molar-refractivity contribution in [2.24, 2.45) is 0 Å². The third kappa shape index (κ3) is 7.93. The highest BCUT2D eigenvalue weighted by atomic mass is 28.4. The summed E-state index contributed by atoms with van der Waals surface area (Å²) in [5.74, 6) is 0. The number of hydrogen-bond donors (Lipinski definition) is 1. The minimum absolute atomic E-state index is 0.0570. The molecule has 3 nitrogen and oxygen atoms in total. The maximum Gasteiger partial charge on any atom is 0.191 e. The molecule has 0 saturated carbocycles. The van der Waals surface area contributed by atoms with E-state index in [2.05, 4.69) is 46.0 Å². The maximum absolute atomic E-state index is 10.2. The monoisotopic (exact) mass is 352 g/mol. The van der Waals surface area contributed by atoms with Crippen LogP contribution in [0.5, 0.6) is 0 Å². The van der Waals surface area contributed by atoms with Crippen molar-refractivity contribution in [1.29, 1.82) is 0 Å². The van der Waals surface area contributed by atoms with Crippen molar-refractivity contribution in [1.82, 2.24) is 0 Å². The Hall–Kier alpha value is -0.683. The second-order valence-corrected chi connectivity index (χ2v) is 13.1. The van der Waals surface area contributed by atoms with E-state index in [1.165, 1.54) is 5.56 Å². The van der Waals surface area contributed by atoms with Gasteiger partial charge >= 0.3 is 0 Å². The number of hydrogen-bond acceptors (Lipinski definition) is 3. The summed E-state index contributed by atoms with van der Waals surface area (Å²) in [6.07, 6.45) is 2.08. The normalized spacial score (nSPS) is 15.3. The third-order valence-electron chi connectivity index (χ3n) is 4.93. The molecule has 2 atom stereocenters. The molecule has 1 aromatic carbocycles. The van der Waals surface area contributed by atoms with Crippen molar-refractivity contribution in [3.8, 4) is 0 Å². The molecule has 0 bridgehead atoms. The largest absolute Gasteiger partial charge is 0.417 e. The van der Waals surface area contributed by atoms with Gasteiger partial charge in [0.1, 0.15) is 0 Å². The quantitative estimate of drug-likeness (QED) is 0.468. The number of benzene rings is 1. The van der Waals surface area contributed by atoms with Crippen LogP contribution in [0.4, 0.5) is 0 Å². The summed E-state index contributed by atoms with van der Waals surface area (Å²) >= 11 is 0. The van der Waals surface area contributed by atoms with E-state index >= 15 is 0 Å². The van der Waals surface area contributed by atoms with Gasteiger partial charge in [-0.2, -0.15) is 0 Å². The fourth-order valence-corrected chi connectivity index (χ4v) is 3.33. The SMILES string of the molecule is C[C@@H](C[C@@H](O)CCCO[Si](C)(C)C(C)(C)C)OCc1ccccc1. The van der Waals surface area contributed by atoms with Gasteiger partial charge in [-0.1, -0.05) is 51.1 Å². The Morgan fingerprint density at radius 3 is 2.33 bits per heavy atom. The van der Waals surface area contributed by atoms with E-state index in [-0.39, 0.29) is 17.2 Å². The molecule has 0 unspecified atom stereocenters. The van der Waals surface area contributed by atoms with Gasteiger partial charge in [0.25, 0.3) is 0 Å². The molecular weight excluding hydrogens is 316 g/mol. The molecule has 24 heavy (non-hydrogen) atoms. The fraction of sp³-hybridized carbons (Fsp3) is 0.700. The van der Waals surface area contributed by atoms with Gasteiger partial charge in [-0.25, -0.2) is 0 Å². The van der Waals surface area contributed by atoms with Crippen molar-refractivity contribution in [3.05, 3.63) is 35.9 Å². The Labute approximate surface area is 149 Å². The second-order valence-electron chi connectivity index (χ2n) is 8.25. The number of rotatable bonds is 10. The zero-order valence-corrected chi connectivity index (χ0v) is 17.3. The molecule has 0 radical (unpaired) electrons. The molecule has 0 saturated heterocycles. The van der Waals surface area contributed by atoms with Crippen molar-refractivity contribution in [2.75, 3.05) is 6.61 Å². The lowest BCUT2D eigenvalue weighted by Gasteiger charge is -2.36. The summed E-state index contributed by atoms with van der Waals surface area (Å²) in [7, 11) is -1.67. The van der Waals surface area contributed by atoms with Gasteiger partial charge in [-0.3, -0.25) is 0 Å². The van der Waals surface area contributed by atoms with E-state index in [1.54, 1.807) is 0 Å². The number of aliphatic hydroxyl groups is 1. The first-order valence-corrected chi connectivity index (χ1v) is 12.0. The second kappa shape index (κ2) is 9.71. The highest BCUT2D eigenvalue weighted by molar-refractivity contribution is 6.74. The van der Waals surface area contributed by atoms with E-state index < -0.39 is 8.32 Å². The van der Waals surface area contributed by atoms with Crippen molar-refractivity contribution < 1.29 is 14.3 Å². The average Bonchev–Trinajstić information content (AvgIpc) is 2.49. The average molecular weight is 353 g/mol. The van der Waals surface area contributed by atoms with Crippen LogP contribution in [-0.2, 0) is 15.8 Å². The molecule has 0 fully saturated rings.